The Morgan fingerprint density at radius 1 is 1.23 bits per heavy atom. The number of hydrogen-bond acceptors (Lipinski definition) is 4. The van der Waals surface area contributed by atoms with Crippen LogP contribution in [0.15, 0.2) is 54.2 Å². The number of nitrogens with one attached hydrogen (secondary N) is 1. The molecule has 2 aromatic heterocycles. The van der Waals surface area contributed by atoms with E-state index in [2.05, 4.69) is 34.3 Å². The van der Waals surface area contributed by atoms with Crippen LogP contribution in [0.5, 0.6) is 0 Å². The summed E-state index contributed by atoms with van der Waals surface area (Å²) in [4.78, 5) is 20.5. The lowest BCUT2D eigenvalue weighted by molar-refractivity contribution is -0.115. The molecule has 0 atom stereocenters. The molecule has 0 aliphatic rings. The van der Waals surface area contributed by atoms with Crippen molar-refractivity contribution in [2.75, 3.05) is 5.32 Å². The van der Waals surface area contributed by atoms with E-state index in [1.165, 1.54) is 5.56 Å². The second-order valence-corrected chi connectivity index (χ2v) is 5.83. The zero-order valence-electron chi connectivity index (χ0n) is 12.1. The van der Waals surface area contributed by atoms with Crippen molar-refractivity contribution in [1.82, 2.24) is 9.97 Å². The number of carbonyl (C=O) groups excluding carboxylic acids is 1. The molecule has 0 saturated heterocycles. The average molecular weight is 309 g/mol. The van der Waals surface area contributed by atoms with Crippen LogP contribution >= 0.6 is 11.3 Å². The van der Waals surface area contributed by atoms with Crippen molar-refractivity contribution in [3.8, 4) is 10.6 Å². The second kappa shape index (κ2) is 6.49. The Kier molecular flexibility index (Phi) is 4.25. The molecule has 0 bridgehead atoms. The molecule has 0 spiro atoms. The third-order valence-corrected chi connectivity index (χ3v) is 4.06. The maximum absolute atomic E-state index is 12.0. The van der Waals surface area contributed by atoms with Gasteiger partial charge < -0.3 is 5.32 Å². The van der Waals surface area contributed by atoms with Crippen LogP contribution in [0.1, 0.15) is 11.3 Å². The molecule has 1 amide bonds. The third kappa shape index (κ3) is 3.56. The van der Waals surface area contributed by atoms with Crippen molar-refractivity contribution in [3.63, 3.8) is 0 Å². The first-order valence-electron chi connectivity index (χ1n) is 6.92. The lowest BCUT2D eigenvalue weighted by atomic mass is 10.1. The number of aromatic nitrogens is 2. The summed E-state index contributed by atoms with van der Waals surface area (Å²) in [5.41, 5.74) is 3.82. The molecule has 0 aliphatic heterocycles. The van der Waals surface area contributed by atoms with Gasteiger partial charge in [0, 0.05) is 29.0 Å². The number of nitrogens with zero attached hydrogens (tertiary/aromatic N) is 2. The standard InChI is InChI=1S/C17H15N3OS/c1-12-3-2-4-13(9-12)17-20-15(11-22-17)10-16(21)19-14-5-7-18-8-6-14/h2-9,11H,10H2,1H3,(H,18,19,21). The summed E-state index contributed by atoms with van der Waals surface area (Å²) in [5.74, 6) is -0.0766. The lowest BCUT2D eigenvalue weighted by Gasteiger charge is -2.02. The van der Waals surface area contributed by atoms with Crippen molar-refractivity contribution in [3.05, 3.63) is 65.4 Å². The number of rotatable bonds is 4. The fourth-order valence-electron chi connectivity index (χ4n) is 2.10. The van der Waals surface area contributed by atoms with E-state index in [0.717, 1.165) is 22.0 Å². The Morgan fingerprint density at radius 2 is 2.05 bits per heavy atom. The van der Waals surface area contributed by atoms with E-state index >= 15 is 0 Å². The summed E-state index contributed by atoms with van der Waals surface area (Å²) in [6.45, 7) is 2.06. The molecular weight excluding hydrogens is 294 g/mol. The Morgan fingerprint density at radius 3 is 2.82 bits per heavy atom. The average Bonchev–Trinajstić information content (AvgIpc) is 2.96. The van der Waals surface area contributed by atoms with Crippen molar-refractivity contribution in [2.45, 2.75) is 13.3 Å². The zero-order chi connectivity index (χ0) is 15.4. The smallest absolute Gasteiger partial charge is 0.230 e. The number of aryl methyl sites for hydroxylation is 1. The van der Waals surface area contributed by atoms with Crippen LogP contribution in [0.3, 0.4) is 0 Å². The highest BCUT2D eigenvalue weighted by Gasteiger charge is 2.09. The molecule has 4 nitrogen and oxygen atoms in total. The van der Waals surface area contributed by atoms with Crippen LogP contribution in [-0.4, -0.2) is 15.9 Å². The minimum absolute atomic E-state index is 0.0766. The first kappa shape index (κ1) is 14.4. The summed E-state index contributed by atoms with van der Waals surface area (Å²) in [7, 11) is 0. The molecule has 5 heteroatoms. The van der Waals surface area contributed by atoms with Gasteiger partial charge in [0.1, 0.15) is 5.01 Å². The molecule has 0 aliphatic carbocycles. The molecule has 3 rings (SSSR count). The van der Waals surface area contributed by atoms with Crippen LogP contribution in [0.2, 0.25) is 0 Å². The Labute approximate surface area is 132 Å². The zero-order valence-corrected chi connectivity index (χ0v) is 12.9. The third-order valence-electron chi connectivity index (χ3n) is 3.12. The topological polar surface area (TPSA) is 54.9 Å². The molecule has 0 radical (unpaired) electrons. The Balaban J connectivity index is 1.68. The highest BCUT2D eigenvalue weighted by molar-refractivity contribution is 7.13. The van der Waals surface area contributed by atoms with E-state index in [1.807, 2.05) is 17.5 Å². The Bertz CT molecular complexity index is 783. The minimum Gasteiger partial charge on any atom is -0.326 e. The molecule has 1 aromatic carbocycles. The summed E-state index contributed by atoms with van der Waals surface area (Å²) in [6.07, 6.45) is 3.56. The molecule has 110 valence electrons. The predicted molar refractivity (Wildman–Crippen MR) is 88.9 cm³/mol. The molecular formula is C17H15N3OS. The van der Waals surface area contributed by atoms with E-state index in [0.29, 0.717) is 0 Å². The molecule has 3 aromatic rings. The summed E-state index contributed by atoms with van der Waals surface area (Å²) < 4.78 is 0. The highest BCUT2D eigenvalue weighted by Crippen LogP contribution is 2.24. The largest absolute Gasteiger partial charge is 0.326 e. The van der Waals surface area contributed by atoms with E-state index < -0.39 is 0 Å². The summed E-state index contributed by atoms with van der Waals surface area (Å²) in [5, 5.41) is 5.71. The Hall–Kier alpha value is -2.53. The van der Waals surface area contributed by atoms with E-state index in [1.54, 1.807) is 35.9 Å². The van der Waals surface area contributed by atoms with Crippen LogP contribution in [-0.2, 0) is 11.2 Å². The first-order chi connectivity index (χ1) is 10.7. The molecule has 2 heterocycles. The minimum atomic E-state index is -0.0766. The van der Waals surface area contributed by atoms with Gasteiger partial charge in [-0.25, -0.2) is 4.98 Å². The van der Waals surface area contributed by atoms with Crippen LogP contribution in [0, 0.1) is 6.92 Å². The number of amides is 1. The van der Waals surface area contributed by atoms with Gasteiger partial charge in [0.25, 0.3) is 0 Å². The van der Waals surface area contributed by atoms with E-state index in [4.69, 9.17) is 0 Å². The van der Waals surface area contributed by atoms with Gasteiger partial charge in [-0.05, 0) is 25.1 Å². The SMILES string of the molecule is Cc1cccc(-c2nc(CC(=O)Nc3ccncc3)cs2)c1. The summed E-state index contributed by atoms with van der Waals surface area (Å²) >= 11 is 1.56. The number of carbonyl (C=O) groups is 1. The van der Waals surface area contributed by atoms with Crippen molar-refractivity contribution in [1.29, 1.82) is 0 Å². The fraction of sp³-hybridized carbons (Fsp3) is 0.118. The molecule has 0 saturated carbocycles. The second-order valence-electron chi connectivity index (χ2n) is 4.97. The highest BCUT2D eigenvalue weighted by atomic mass is 32.1. The fourth-order valence-corrected chi connectivity index (χ4v) is 2.92. The number of benzene rings is 1. The number of anilines is 1. The number of hydrogen-bond donors (Lipinski definition) is 1. The van der Waals surface area contributed by atoms with Gasteiger partial charge in [-0.2, -0.15) is 0 Å². The summed E-state index contributed by atoms with van der Waals surface area (Å²) in [6, 6.07) is 11.7. The van der Waals surface area contributed by atoms with Gasteiger partial charge >= 0.3 is 0 Å². The maximum atomic E-state index is 12.0. The van der Waals surface area contributed by atoms with Gasteiger partial charge in [0.15, 0.2) is 0 Å². The monoisotopic (exact) mass is 309 g/mol. The maximum Gasteiger partial charge on any atom is 0.230 e. The normalized spacial score (nSPS) is 10.4. The van der Waals surface area contributed by atoms with Gasteiger partial charge in [0.05, 0.1) is 12.1 Å². The van der Waals surface area contributed by atoms with Crippen molar-refractivity contribution < 1.29 is 4.79 Å². The number of pyridine rings is 1. The van der Waals surface area contributed by atoms with Crippen LogP contribution in [0.25, 0.3) is 10.6 Å². The predicted octanol–water partition coefficient (Wildman–Crippen LogP) is 3.69. The van der Waals surface area contributed by atoms with Crippen LogP contribution < -0.4 is 5.32 Å². The lowest BCUT2D eigenvalue weighted by Crippen LogP contribution is -2.14. The van der Waals surface area contributed by atoms with Crippen molar-refractivity contribution >= 4 is 22.9 Å². The molecule has 22 heavy (non-hydrogen) atoms. The van der Waals surface area contributed by atoms with E-state index in [-0.39, 0.29) is 12.3 Å². The van der Waals surface area contributed by atoms with Gasteiger partial charge in [-0.3, -0.25) is 9.78 Å². The van der Waals surface area contributed by atoms with Gasteiger partial charge in [-0.1, -0.05) is 23.8 Å². The first-order valence-corrected chi connectivity index (χ1v) is 7.80. The van der Waals surface area contributed by atoms with E-state index in [9.17, 15) is 4.79 Å². The van der Waals surface area contributed by atoms with Crippen molar-refractivity contribution in [2.24, 2.45) is 0 Å². The van der Waals surface area contributed by atoms with Gasteiger partial charge in [0.2, 0.25) is 5.91 Å². The van der Waals surface area contributed by atoms with Crippen LogP contribution in [0.4, 0.5) is 5.69 Å². The molecule has 0 fully saturated rings. The molecule has 0 unspecified atom stereocenters. The number of thiazole rings is 1. The molecule has 1 N–H and O–H groups in total. The quantitative estimate of drug-likeness (QED) is 0.799. The van der Waals surface area contributed by atoms with Gasteiger partial charge in [-0.15, -0.1) is 11.3 Å².